The summed E-state index contributed by atoms with van der Waals surface area (Å²) in [5.41, 5.74) is 0. The van der Waals surface area contributed by atoms with Crippen LogP contribution in [0.25, 0.3) is 0 Å². The molecular formula is C12H13KO2. The standard InChI is InChI=1S/C6H8O2.C6H6.K/c1-2-3-4-5-6(7)8;1-2-4-6-5-3-1;/h2-5H,1H3,(H,7,8);1-6H;/q;;+1/p-1. The van der Waals surface area contributed by atoms with Crippen molar-refractivity contribution in [3.05, 3.63) is 60.7 Å². The molecule has 0 N–H and O–H groups in total. The van der Waals surface area contributed by atoms with Gasteiger partial charge in [0.1, 0.15) is 0 Å². The predicted molar refractivity (Wildman–Crippen MR) is 55.4 cm³/mol. The summed E-state index contributed by atoms with van der Waals surface area (Å²) in [5, 5.41) is 9.64. The zero-order chi connectivity index (χ0) is 10.6. The number of hydrogen-bond donors (Lipinski definition) is 0. The normalized spacial score (nSPS) is 9.13. The average molecular weight is 228 g/mol. The molecule has 0 aliphatic carbocycles. The second-order valence-electron chi connectivity index (χ2n) is 2.36. The molecule has 1 aromatic carbocycles. The molecular weight excluding hydrogens is 215 g/mol. The first-order chi connectivity index (χ1) is 6.77. The van der Waals surface area contributed by atoms with Gasteiger partial charge in [-0.25, -0.2) is 0 Å². The molecule has 0 bridgehead atoms. The molecule has 0 atom stereocenters. The van der Waals surface area contributed by atoms with Gasteiger partial charge >= 0.3 is 51.4 Å². The van der Waals surface area contributed by atoms with Crippen LogP contribution in [0.5, 0.6) is 0 Å². The van der Waals surface area contributed by atoms with Crippen LogP contribution < -0.4 is 56.5 Å². The van der Waals surface area contributed by atoms with E-state index >= 15 is 0 Å². The van der Waals surface area contributed by atoms with E-state index in [1.807, 2.05) is 36.4 Å². The molecule has 0 aliphatic heterocycles. The van der Waals surface area contributed by atoms with Gasteiger partial charge in [-0.2, -0.15) is 0 Å². The SMILES string of the molecule is CC=CC=CC(=O)[O-].[K+].c1ccccc1. The molecule has 3 heteroatoms. The second-order valence-corrected chi connectivity index (χ2v) is 2.36. The molecule has 0 fully saturated rings. The van der Waals surface area contributed by atoms with Crippen molar-refractivity contribution in [1.29, 1.82) is 0 Å². The number of carboxylic acid groups (broad SMARTS) is 1. The number of hydrogen-bond acceptors (Lipinski definition) is 2. The van der Waals surface area contributed by atoms with E-state index in [0.717, 1.165) is 6.08 Å². The summed E-state index contributed by atoms with van der Waals surface area (Å²) in [6.45, 7) is 1.81. The summed E-state index contributed by atoms with van der Waals surface area (Å²) in [6, 6.07) is 12.0. The van der Waals surface area contributed by atoms with Gasteiger partial charge in [0, 0.05) is 0 Å². The van der Waals surface area contributed by atoms with Crippen molar-refractivity contribution in [1.82, 2.24) is 0 Å². The maximum atomic E-state index is 9.64. The van der Waals surface area contributed by atoms with Gasteiger partial charge in [0.05, 0.1) is 5.97 Å². The second kappa shape index (κ2) is 13.8. The van der Waals surface area contributed by atoms with E-state index in [-0.39, 0.29) is 51.4 Å². The topological polar surface area (TPSA) is 40.1 Å². The summed E-state index contributed by atoms with van der Waals surface area (Å²) in [4.78, 5) is 9.64. The fourth-order valence-corrected chi connectivity index (χ4v) is 0.630. The molecule has 0 amide bonds. The van der Waals surface area contributed by atoms with Gasteiger partial charge in [-0.3, -0.25) is 0 Å². The molecule has 1 aromatic rings. The Balaban J connectivity index is 0. The number of benzene rings is 1. The maximum absolute atomic E-state index is 9.64. The number of rotatable bonds is 2. The Morgan fingerprint density at radius 2 is 1.40 bits per heavy atom. The van der Waals surface area contributed by atoms with Crippen LogP contribution in [0.3, 0.4) is 0 Å². The molecule has 0 radical (unpaired) electrons. The molecule has 0 unspecified atom stereocenters. The van der Waals surface area contributed by atoms with Crippen molar-refractivity contribution in [2.24, 2.45) is 0 Å². The number of carboxylic acids is 1. The molecule has 15 heavy (non-hydrogen) atoms. The minimum atomic E-state index is -1.16. The van der Waals surface area contributed by atoms with Crippen LogP contribution in [0.1, 0.15) is 6.92 Å². The van der Waals surface area contributed by atoms with E-state index < -0.39 is 5.97 Å². The molecule has 0 saturated carbocycles. The van der Waals surface area contributed by atoms with Crippen molar-refractivity contribution in [2.75, 3.05) is 0 Å². The van der Waals surface area contributed by atoms with Gasteiger partial charge in [-0.15, -0.1) is 0 Å². The van der Waals surface area contributed by atoms with Gasteiger partial charge < -0.3 is 9.90 Å². The van der Waals surface area contributed by atoms with E-state index in [1.165, 1.54) is 6.08 Å². The number of allylic oxidation sites excluding steroid dienone is 3. The van der Waals surface area contributed by atoms with Gasteiger partial charge in [0.2, 0.25) is 0 Å². The van der Waals surface area contributed by atoms with Crippen LogP contribution in [-0.2, 0) is 4.79 Å². The molecule has 0 saturated heterocycles. The Morgan fingerprint density at radius 3 is 1.67 bits per heavy atom. The summed E-state index contributed by atoms with van der Waals surface area (Å²) < 4.78 is 0. The Bertz CT molecular complexity index is 265. The van der Waals surface area contributed by atoms with Gasteiger partial charge in [0.25, 0.3) is 0 Å². The third-order valence-electron chi connectivity index (χ3n) is 1.20. The van der Waals surface area contributed by atoms with Crippen LogP contribution >= 0.6 is 0 Å². The smallest absolute Gasteiger partial charge is 0.545 e. The molecule has 0 aliphatic rings. The van der Waals surface area contributed by atoms with Crippen molar-refractivity contribution in [3.8, 4) is 0 Å². The number of carbonyl (C=O) groups is 1. The van der Waals surface area contributed by atoms with Crippen molar-refractivity contribution >= 4 is 5.97 Å². The van der Waals surface area contributed by atoms with Crippen LogP contribution in [0.4, 0.5) is 0 Å². The fourth-order valence-electron chi connectivity index (χ4n) is 0.630. The van der Waals surface area contributed by atoms with Crippen LogP contribution in [0.15, 0.2) is 60.7 Å². The Labute approximate surface area is 133 Å². The first-order valence-electron chi connectivity index (χ1n) is 4.27. The minimum absolute atomic E-state index is 0. The molecule has 0 spiro atoms. The average Bonchev–Trinajstić information content (AvgIpc) is 2.21. The van der Waals surface area contributed by atoms with E-state index in [2.05, 4.69) is 0 Å². The zero-order valence-electron chi connectivity index (χ0n) is 9.09. The van der Waals surface area contributed by atoms with E-state index in [9.17, 15) is 9.90 Å². The maximum Gasteiger partial charge on any atom is 1.00 e. The Morgan fingerprint density at radius 1 is 1.00 bits per heavy atom. The van der Waals surface area contributed by atoms with Gasteiger partial charge in [-0.05, 0) is 13.0 Å². The van der Waals surface area contributed by atoms with Gasteiger partial charge in [0.15, 0.2) is 0 Å². The van der Waals surface area contributed by atoms with Crippen molar-refractivity contribution in [3.63, 3.8) is 0 Å². The Kier molecular flexibility index (Phi) is 15.8. The van der Waals surface area contributed by atoms with Crippen LogP contribution in [0, 0.1) is 0 Å². The van der Waals surface area contributed by atoms with E-state index in [1.54, 1.807) is 19.1 Å². The molecule has 0 aromatic heterocycles. The molecule has 2 nitrogen and oxygen atoms in total. The minimum Gasteiger partial charge on any atom is -0.545 e. The third-order valence-corrected chi connectivity index (χ3v) is 1.20. The monoisotopic (exact) mass is 228 g/mol. The third kappa shape index (κ3) is 16.5. The van der Waals surface area contributed by atoms with Crippen molar-refractivity contribution in [2.45, 2.75) is 6.92 Å². The zero-order valence-corrected chi connectivity index (χ0v) is 12.2. The number of carbonyl (C=O) groups excluding carboxylic acids is 1. The summed E-state index contributed by atoms with van der Waals surface area (Å²) in [7, 11) is 0. The predicted octanol–water partition coefficient (Wildman–Crippen LogP) is -1.44. The number of aliphatic carboxylic acids is 1. The first-order valence-corrected chi connectivity index (χ1v) is 4.27. The molecule has 0 heterocycles. The van der Waals surface area contributed by atoms with Crippen molar-refractivity contribution < 1.29 is 61.3 Å². The molecule has 74 valence electrons. The quantitative estimate of drug-likeness (QED) is 0.353. The first kappa shape index (κ1) is 17.2. The summed E-state index contributed by atoms with van der Waals surface area (Å²) in [6.07, 6.45) is 5.74. The van der Waals surface area contributed by atoms with Crippen LogP contribution in [0.2, 0.25) is 0 Å². The van der Waals surface area contributed by atoms with Gasteiger partial charge in [-0.1, -0.05) is 54.6 Å². The van der Waals surface area contributed by atoms with E-state index in [0.29, 0.717) is 0 Å². The van der Waals surface area contributed by atoms with E-state index in [4.69, 9.17) is 0 Å². The molecule has 1 rings (SSSR count). The Hall–Kier alpha value is -0.194. The summed E-state index contributed by atoms with van der Waals surface area (Å²) >= 11 is 0. The summed E-state index contributed by atoms with van der Waals surface area (Å²) in [5.74, 6) is -1.16. The fraction of sp³-hybridized carbons (Fsp3) is 0.0833. The largest absolute Gasteiger partial charge is 1.00 e. The van der Waals surface area contributed by atoms with Crippen LogP contribution in [-0.4, -0.2) is 5.97 Å².